The summed E-state index contributed by atoms with van der Waals surface area (Å²) >= 11 is 0. The van der Waals surface area contributed by atoms with Crippen LogP contribution in [-0.4, -0.2) is 36.2 Å². The van der Waals surface area contributed by atoms with Gasteiger partial charge in [-0.05, 0) is 30.7 Å². The Morgan fingerprint density at radius 2 is 2.12 bits per heavy atom. The normalized spacial score (nSPS) is 22.2. The van der Waals surface area contributed by atoms with Crippen molar-refractivity contribution in [2.75, 3.05) is 26.2 Å². The SMILES string of the molecule is CCCN1CCO[C@H](c2ccc(O)cc2)C1. The van der Waals surface area contributed by atoms with E-state index in [1.54, 1.807) is 12.1 Å². The standard InChI is InChI=1S/C13H19NO2/c1-2-7-14-8-9-16-13(10-14)11-3-5-12(15)6-4-11/h3-6,13,15H,2,7-10H2,1H3/t13-/m0/s1. The lowest BCUT2D eigenvalue weighted by Crippen LogP contribution is -2.38. The first-order chi connectivity index (χ1) is 7.79. The highest BCUT2D eigenvalue weighted by Gasteiger charge is 2.20. The van der Waals surface area contributed by atoms with E-state index < -0.39 is 0 Å². The maximum Gasteiger partial charge on any atom is 0.115 e. The molecule has 3 heteroatoms. The number of phenols is 1. The Morgan fingerprint density at radius 3 is 2.81 bits per heavy atom. The van der Waals surface area contributed by atoms with E-state index in [-0.39, 0.29) is 6.10 Å². The maximum absolute atomic E-state index is 9.24. The van der Waals surface area contributed by atoms with Crippen molar-refractivity contribution in [3.05, 3.63) is 29.8 Å². The van der Waals surface area contributed by atoms with Crippen molar-refractivity contribution in [3.63, 3.8) is 0 Å². The lowest BCUT2D eigenvalue weighted by molar-refractivity contribution is -0.0298. The number of nitrogens with zero attached hydrogens (tertiary/aromatic N) is 1. The van der Waals surface area contributed by atoms with Crippen LogP contribution in [0.1, 0.15) is 25.0 Å². The predicted octanol–water partition coefficient (Wildman–Crippen LogP) is 2.18. The molecule has 0 bridgehead atoms. The van der Waals surface area contributed by atoms with E-state index in [1.807, 2.05) is 12.1 Å². The smallest absolute Gasteiger partial charge is 0.115 e. The number of hydrogen-bond acceptors (Lipinski definition) is 3. The average Bonchev–Trinajstić information content (AvgIpc) is 2.31. The number of benzene rings is 1. The predicted molar refractivity (Wildman–Crippen MR) is 63.5 cm³/mol. The zero-order chi connectivity index (χ0) is 11.4. The summed E-state index contributed by atoms with van der Waals surface area (Å²) < 4.78 is 5.76. The Bertz CT molecular complexity index is 321. The molecule has 1 heterocycles. The van der Waals surface area contributed by atoms with Gasteiger partial charge >= 0.3 is 0 Å². The van der Waals surface area contributed by atoms with Crippen molar-refractivity contribution in [1.29, 1.82) is 0 Å². The summed E-state index contributed by atoms with van der Waals surface area (Å²) in [4.78, 5) is 2.43. The van der Waals surface area contributed by atoms with Crippen molar-refractivity contribution in [2.45, 2.75) is 19.4 Å². The fraction of sp³-hybridized carbons (Fsp3) is 0.538. The van der Waals surface area contributed by atoms with Crippen molar-refractivity contribution in [3.8, 4) is 5.75 Å². The minimum absolute atomic E-state index is 0.154. The van der Waals surface area contributed by atoms with Crippen molar-refractivity contribution < 1.29 is 9.84 Å². The largest absolute Gasteiger partial charge is 0.508 e. The summed E-state index contributed by atoms with van der Waals surface area (Å²) in [6, 6.07) is 7.32. The molecule has 0 amide bonds. The third-order valence-electron chi connectivity index (χ3n) is 2.96. The van der Waals surface area contributed by atoms with Gasteiger partial charge in [0.1, 0.15) is 5.75 Å². The van der Waals surface area contributed by atoms with Crippen molar-refractivity contribution >= 4 is 0 Å². The molecule has 88 valence electrons. The van der Waals surface area contributed by atoms with E-state index in [9.17, 15) is 5.11 Å². The highest BCUT2D eigenvalue weighted by molar-refractivity contribution is 5.27. The summed E-state index contributed by atoms with van der Waals surface area (Å²) in [6.45, 7) is 6.12. The van der Waals surface area contributed by atoms with Gasteiger partial charge in [0.25, 0.3) is 0 Å². The molecule has 16 heavy (non-hydrogen) atoms. The first-order valence-corrected chi connectivity index (χ1v) is 5.92. The van der Waals surface area contributed by atoms with Crippen LogP contribution >= 0.6 is 0 Å². The fourth-order valence-corrected chi connectivity index (χ4v) is 2.11. The molecule has 1 aliphatic heterocycles. The van der Waals surface area contributed by atoms with Crippen molar-refractivity contribution in [1.82, 2.24) is 4.90 Å². The topological polar surface area (TPSA) is 32.7 Å². The average molecular weight is 221 g/mol. The monoisotopic (exact) mass is 221 g/mol. The van der Waals surface area contributed by atoms with E-state index in [1.165, 1.54) is 6.42 Å². The van der Waals surface area contributed by atoms with Gasteiger partial charge in [-0.1, -0.05) is 19.1 Å². The van der Waals surface area contributed by atoms with Crippen LogP contribution in [0.15, 0.2) is 24.3 Å². The molecule has 1 aliphatic rings. The molecule has 1 N–H and O–H groups in total. The molecular weight excluding hydrogens is 202 g/mol. The summed E-state index contributed by atoms with van der Waals surface area (Å²) in [6.07, 6.45) is 1.34. The molecule has 0 aliphatic carbocycles. The number of phenolic OH excluding ortho intramolecular Hbond substituents is 1. The molecule has 0 unspecified atom stereocenters. The van der Waals surface area contributed by atoms with Gasteiger partial charge in [-0.15, -0.1) is 0 Å². The molecule has 2 rings (SSSR count). The summed E-state index contributed by atoms with van der Waals surface area (Å²) in [5.41, 5.74) is 1.15. The molecule has 0 aromatic heterocycles. The Hall–Kier alpha value is -1.06. The van der Waals surface area contributed by atoms with Gasteiger partial charge in [-0.2, -0.15) is 0 Å². The molecule has 0 saturated carbocycles. The minimum Gasteiger partial charge on any atom is -0.508 e. The van der Waals surface area contributed by atoms with Crippen LogP contribution in [0.5, 0.6) is 5.75 Å². The lowest BCUT2D eigenvalue weighted by atomic mass is 10.1. The molecule has 1 fully saturated rings. The fourth-order valence-electron chi connectivity index (χ4n) is 2.11. The van der Waals surface area contributed by atoms with E-state index in [0.29, 0.717) is 5.75 Å². The van der Waals surface area contributed by atoms with Crippen LogP contribution in [0.4, 0.5) is 0 Å². The molecule has 1 aromatic carbocycles. The van der Waals surface area contributed by atoms with Gasteiger partial charge in [0, 0.05) is 13.1 Å². The molecular formula is C13H19NO2. The van der Waals surface area contributed by atoms with E-state index in [2.05, 4.69) is 11.8 Å². The minimum atomic E-state index is 0.154. The van der Waals surface area contributed by atoms with Gasteiger partial charge in [0.05, 0.1) is 12.7 Å². The molecule has 3 nitrogen and oxygen atoms in total. The zero-order valence-electron chi connectivity index (χ0n) is 9.72. The van der Waals surface area contributed by atoms with Crippen LogP contribution in [0.3, 0.4) is 0 Å². The van der Waals surface area contributed by atoms with Gasteiger partial charge in [-0.25, -0.2) is 0 Å². The molecule has 0 spiro atoms. The number of hydrogen-bond donors (Lipinski definition) is 1. The number of morpholine rings is 1. The van der Waals surface area contributed by atoms with Crippen LogP contribution in [-0.2, 0) is 4.74 Å². The highest BCUT2D eigenvalue weighted by atomic mass is 16.5. The van der Waals surface area contributed by atoms with Crippen LogP contribution < -0.4 is 0 Å². The maximum atomic E-state index is 9.24. The molecule has 0 radical (unpaired) electrons. The Morgan fingerprint density at radius 1 is 1.38 bits per heavy atom. The van der Waals surface area contributed by atoms with Crippen LogP contribution in [0, 0.1) is 0 Å². The van der Waals surface area contributed by atoms with E-state index in [4.69, 9.17) is 4.74 Å². The third kappa shape index (κ3) is 2.74. The number of rotatable bonds is 3. The van der Waals surface area contributed by atoms with E-state index >= 15 is 0 Å². The van der Waals surface area contributed by atoms with Crippen molar-refractivity contribution in [2.24, 2.45) is 0 Å². The Balaban J connectivity index is 2.01. The van der Waals surface area contributed by atoms with Gasteiger partial charge in [0.15, 0.2) is 0 Å². The summed E-state index contributed by atoms with van der Waals surface area (Å²) in [7, 11) is 0. The lowest BCUT2D eigenvalue weighted by Gasteiger charge is -2.32. The summed E-state index contributed by atoms with van der Waals surface area (Å²) in [5.74, 6) is 0.310. The highest BCUT2D eigenvalue weighted by Crippen LogP contribution is 2.23. The second kappa shape index (κ2) is 5.32. The Kier molecular flexibility index (Phi) is 3.80. The quantitative estimate of drug-likeness (QED) is 0.849. The second-order valence-corrected chi connectivity index (χ2v) is 4.25. The van der Waals surface area contributed by atoms with Crippen LogP contribution in [0.2, 0.25) is 0 Å². The number of ether oxygens (including phenoxy) is 1. The van der Waals surface area contributed by atoms with Gasteiger partial charge < -0.3 is 9.84 Å². The molecule has 1 saturated heterocycles. The van der Waals surface area contributed by atoms with Gasteiger partial charge in [0.2, 0.25) is 0 Å². The summed E-state index contributed by atoms with van der Waals surface area (Å²) in [5, 5.41) is 9.24. The number of aromatic hydroxyl groups is 1. The first kappa shape index (κ1) is 11.4. The Labute approximate surface area is 96.6 Å². The molecule has 1 aromatic rings. The van der Waals surface area contributed by atoms with Crippen LogP contribution in [0.25, 0.3) is 0 Å². The van der Waals surface area contributed by atoms with E-state index in [0.717, 1.165) is 31.8 Å². The molecule has 1 atom stereocenters. The first-order valence-electron chi connectivity index (χ1n) is 5.92. The second-order valence-electron chi connectivity index (χ2n) is 4.25. The third-order valence-corrected chi connectivity index (χ3v) is 2.96. The van der Waals surface area contributed by atoms with Gasteiger partial charge in [-0.3, -0.25) is 4.90 Å². The zero-order valence-corrected chi connectivity index (χ0v) is 9.72.